The van der Waals surface area contributed by atoms with Crippen LogP contribution in [0.1, 0.15) is 41.0 Å². The van der Waals surface area contributed by atoms with Gasteiger partial charge in [0.1, 0.15) is 5.82 Å². The van der Waals surface area contributed by atoms with E-state index in [1.165, 1.54) is 12.1 Å². The van der Waals surface area contributed by atoms with Crippen molar-refractivity contribution in [3.8, 4) is 11.8 Å². The van der Waals surface area contributed by atoms with E-state index in [1.54, 1.807) is 12.1 Å². The topological polar surface area (TPSA) is 76.0 Å². The normalized spacial score (nSPS) is 21.2. The number of amides is 2. The van der Waals surface area contributed by atoms with Crippen molar-refractivity contribution in [2.45, 2.75) is 37.5 Å². The molecule has 0 spiro atoms. The minimum atomic E-state index is -0.390. The Kier molecular flexibility index (Phi) is 8.04. The number of anilines is 1. The number of fused-ring (bicyclic) bond motifs is 1. The molecule has 2 amide bonds. The van der Waals surface area contributed by atoms with Crippen molar-refractivity contribution in [2.75, 3.05) is 31.6 Å². The van der Waals surface area contributed by atoms with E-state index >= 15 is 0 Å². The highest BCUT2D eigenvalue weighted by atomic mass is 19.1. The van der Waals surface area contributed by atoms with E-state index in [0.29, 0.717) is 18.8 Å². The molecule has 3 N–H and O–H groups in total. The van der Waals surface area contributed by atoms with Gasteiger partial charge in [-0.3, -0.25) is 4.90 Å². The number of nitrogens with zero attached hydrogens (tertiary/aromatic N) is 2. The molecule has 2 aliphatic rings. The third-order valence-corrected chi connectivity index (χ3v) is 7.52. The van der Waals surface area contributed by atoms with Crippen molar-refractivity contribution in [1.29, 1.82) is 0 Å². The Balaban J connectivity index is 1.30. The molecule has 196 valence electrons. The summed E-state index contributed by atoms with van der Waals surface area (Å²) in [6.45, 7) is 2.13. The number of nitrogens with one attached hydrogen (secondary N) is 1. The second-order valence-electron chi connectivity index (χ2n) is 9.90. The molecule has 3 aromatic rings. The number of rotatable bonds is 4. The third kappa shape index (κ3) is 5.73. The highest BCUT2D eigenvalue weighted by Crippen LogP contribution is 2.42. The fourth-order valence-corrected chi connectivity index (χ4v) is 5.52. The lowest BCUT2D eigenvalue weighted by atomic mass is 9.74. The zero-order valence-corrected chi connectivity index (χ0v) is 21.2. The lowest BCUT2D eigenvalue weighted by Gasteiger charge is -2.57. The first kappa shape index (κ1) is 25.9. The van der Waals surface area contributed by atoms with Crippen molar-refractivity contribution >= 4 is 11.7 Å². The number of urea groups is 1. The van der Waals surface area contributed by atoms with E-state index in [2.05, 4.69) is 34.2 Å². The Morgan fingerprint density at radius 1 is 0.947 bits per heavy atom. The summed E-state index contributed by atoms with van der Waals surface area (Å²) in [5.74, 6) is 6.05. The predicted molar refractivity (Wildman–Crippen MR) is 145 cm³/mol. The molecule has 6 nitrogen and oxygen atoms in total. The summed E-state index contributed by atoms with van der Waals surface area (Å²) in [5.41, 5.74) is 4.19. The second kappa shape index (κ2) is 11.8. The molecule has 0 bridgehead atoms. The molecule has 0 radical (unpaired) electrons. The summed E-state index contributed by atoms with van der Waals surface area (Å²) in [5, 5.41) is 22.2. The molecule has 2 heterocycles. The van der Waals surface area contributed by atoms with Gasteiger partial charge in [0.15, 0.2) is 0 Å². The molecule has 3 aromatic carbocycles. The van der Waals surface area contributed by atoms with Crippen LogP contribution in [0.3, 0.4) is 0 Å². The summed E-state index contributed by atoms with van der Waals surface area (Å²) < 4.78 is 13.6. The summed E-state index contributed by atoms with van der Waals surface area (Å²) in [6, 6.07) is 21.4. The molecule has 2 saturated heterocycles. The van der Waals surface area contributed by atoms with Gasteiger partial charge in [-0.2, -0.15) is 0 Å². The maximum absolute atomic E-state index is 13.6. The Labute approximate surface area is 222 Å². The first-order valence-electron chi connectivity index (χ1n) is 13.1. The molecule has 38 heavy (non-hydrogen) atoms. The van der Waals surface area contributed by atoms with Gasteiger partial charge in [0.25, 0.3) is 0 Å². The largest absolute Gasteiger partial charge is 0.395 e. The molecular weight excluding hydrogens is 481 g/mol. The van der Waals surface area contributed by atoms with E-state index in [1.807, 2.05) is 41.3 Å². The van der Waals surface area contributed by atoms with E-state index < -0.39 is 0 Å². The summed E-state index contributed by atoms with van der Waals surface area (Å²) in [4.78, 5) is 17.2. The SMILES string of the molecule is O=C(Nc1cccc(F)c1)N1CCCCN2[C@H](CO)[C@@H](c3ccc(C#Cc4ccc(CO)cc4)cc3)[C@H]2C1. The lowest BCUT2D eigenvalue weighted by molar-refractivity contribution is -0.0585. The first-order valence-corrected chi connectivity index (χ1v) is 13.1. The number of carbonyl (C=O) groups excluding carboxylic acids is 1. The summed E-state index contributed by atoms with van der Waals surface area (Å²) in [6.07, 6.45) is 1.82. The standard InChI is InChI=1S/C31H32FN3O3/c32-26-4-3-5-27(18-26)33-31(38)34-16-1-2-17-35-28(19-34)30(29(35)21-37)25-14-12-23(13-15-25)7-6-22-8-10-24(20-36)11-9-22/h3-5,8-15,18,28-30,36-37H,1-2,16-17,19-21H2,(H,33,38)/t28-,29-,30+/m1/s1. The fraction of sp³-hybridized carbons (Fsp3) is 0.323. The van der Waals surface area contributed by atoms with E-state index in [0.717, 1.165) is 41.6 Å². The molecule has 0 saturated carbocycles. The average molecular weight is 514 g/mol. The van der Waals surface area contributed by atoms with Gasteiger partial charge in [-0.05, 0) is 73.0 Å². The van der Waals surface area contributed by atoms with Gasteiger partial charge in [0.05, 0.1) is 13.2 Å². The summed E-state index contributed by atoms with van der Waals surface area (Å²) >= 11 is 0. The molecule has 0 aliphatic carbocycles. The highest BCUT2D eigenvalue weighted by molar-refractivity contribution is 5.89. The van der Waals surface area contributed by atoms with Gasteiger partial charge >= 0.3 is 6.03 Å². The Morgan fingerprint density at radius 3 is 2.29 bits per heavy atom. The van der Waals surface area contributed by atoms with Crippen LogP contribution in [0.5, 0.6) is 0 Å². The number of carbonyl (C=O) groups is 1. The molecule has 2 aliphatic heterocycles. The quantitative estimate of drug-likeness (QED) is 0.458. The van der Waals surface area contributed by atoms with E-state index in [9.17, 15) is 19.4 Å². The van der Waals surface area contributed by atoms with Crippen LogP contribution in [0.4, 0.5) is 14.9 Å². The Morgan fingerprint density at radius 2 is 1.63 bits per heavy atom. The van der Waals surface area contributed by atoms with Crippen LogP contribution in [0.25, 0.3) is 0 Å². The number of halogens is 1. The van der Waals surface area contributed by atoms with E-state index in [4.69, 9.17) is 0 Å². The predicted octanol–water partition coefficient (Wildman–Crippen LogP) is 4.17. The molecule has 0 unspecified atom stereocenters. The van der Waals surface area contributed by atoms with Gasteiger partial charge < -0.3 is 20.4 Å². The molecule has 0 aromatic heterocycles. The van der Waals surface area contributed by atoms with Crippen LogP contribution in [0.15, 0.2) is 72.8 Å². The minimum Gasteiger partial charge on any atom is -0.395 e. The second-order valence-corrected chi connectivity index (χ2v) is 9.90. The van der Waals surface area contributed by atoms with Crippen LogP contribution in [-0.4, -0.2) is 64.4 Å². The molecule has 7 heteroatoms. The zero-order valence-electron chi connectivity index (χ0n) is 21.2. The average Bonchev–Trinajstić information content (AvgIpc) is 2.92. The van der Waals surface area contributed by atoms with Crippen LogP contribution in [-0.2, 0) is 6.61 Å². The van der Waals surface area contributed by atoms with Gasteiger partial charge in [0.2, 0.25) is 0 Å². The fourth-order valence-electron chi connectivity index (χ4n) is 5.52. The smallest absolute Gasteiger partial charge is 0.321 e. The van der Waals surface area contributed by atoms with E-state index in [-0.39, 0.29) is 43.1 Å². The maximum atomic E-state index is 13.6. The number of hydrogen-bond donors (Lipinski definition) is 3. The number of aliphatic hydroxyl groups is 2. The van der Waals surface area contributed by atoms with Crippen molar-refractivity contribution in [2.24, 2.45) is 0 Å². The van der Waals surface area contributed by atoms with Crippen LogP contribution >= 0.6 is 0 Å². The zero-order chi connectivity index (χ0) is 26.5. The summed E-state index contributed by atoms with van der Waals surface area (Å²) in [7, 11) is 0. The van der Waals surface area contributed by atoms with Crippen LogP contribution in [0, 0.1) is 17.7 Å². The van der Waals surface area contributed by atoms with Crippen LogP contribution < -0.4 is 5.32 Å². The van der Waals surface area contributed by atoms with Gasteiger partial charge in [-0.15, -0.1) is 0 Å². The number of hydrogen-bond acceptors (Lipinski definition) is 4. The molecular formula is C31H32FN3O3. The highest BCUT2D eigenvalue weighted by Gasteiger charge is 2.49. The van der Waals surface area contributed by atoms with Crippen molar-refractivity contribution in [3.63, 3.8) is 0 Å². The van der Waals surface area contributed by atoms with Gasteiger partial charge in [-0.25, -0.2) is 9.18 Å². The molecule has 3 atom stereocenters. The van der Waals surface area contributed by atoms with Crippen LogP contribution in [0.2, 0.25) is 0 Å². The number of aliphatic hydroxyl groups excluding tert-OH is 2. The Hall–Kier alpha value is -3.70. The monoisotopic (exact) mass is 513 g/mol. The van der Waals surface area contributed by atoms with Gasteiger partial charge in [-0.1, -0.05) is 42.2 Å². The molecule has 2 fully saturated rings. The minimum absolute atomic E-state index is 0.00760. The van der Waals surface area contributed by atoms with Gasteiger partial charge in [0, 0.05) is 47.9 Å². The lowest BCUT2D eigenvalue weighted by Crippen LogP contribution is -2.68. The first-order chi connectivity index (χ1) is 18.6. The van der Waals surface area contributed by atoms with Crippen molar-refractivity contribution in [3.05, 3.63) is 101 Å². The number of benzene rings is 3. The maximum Gasteiger partial charge on any atom is 0.321 e. The van der Waals surface area contributed by atoms with Crippen molar-refractivity contribution < 1.29 is 19.4 Å². The van der Waals surface area contributed by atoms with Crippen molar-refractivity contribution in [1.82, 2.24) is 9.80 Å². The molecule has 5 rings (SSSR count). The Bertz CT molecular complexity index is 1320. The third-order valence-electron chi connectivity index (χ3n) is 7.52.